The van der Waals surface area contributed by atoms with Crippen LogP contribution in [0.4, 0.5) is 0 Å². The van der Waals surface area contributed by atoms with Gasteiger partial charge in [0.2, 0.25) is 0 Å². The van der Waals surface area contributed by atoms with Crippen LogP contribution in [0.25, 0.3) is 0 Å². The Balaban J connectivity index is 2.05. The van der Waals surface area contributed by atoms with Gasteiger partial charge in [0.1, 0.15) is 6.10 Å². The van der Waals surface area contributed by atoms with Gasteiger partial charge in [0.05, 0.1) is 6.10 Å². The van der Waals surface area contributed by atoms with Crippen LogP contribution in [0.1, 0.15) is 35.5 Å². The first kappa shape index (κ1) is 11.0. The SMILES string of the molecule is CNC(=O)c1noc(C2CCC(CN)O2)n1. The molecule has 0 saturated carbocycles. The molecule has 16 heavy (non-hydrogen) atoms. The Morgan fingerprint density at radius 2 is 2.44 bits per heavy atom. The van der Waals surface area contributed by atoms with E-state index in [0.29, 0.717) is 12.4 Å². The molecule has 1 aliphatic heterocycles. The van der Waals surface area contributed by atoms with E-state index in [-0.39, 0.29) is 23.9 Å². The Morgan fingerprint density at radius 3 is 3.06 bits per heavy atom. The van der Waals surface area contributed by atoms with Crippen LogP contribution in [0.2, 0.25) is 0 Å². The van der Waals surface area contributed by atoms with Crippen LogP contribution in [0.5, 0.6) is 0 Å². The third-order valence-electron chi connectivity index (χ3n) is 2.52. The van der Waals surface area contributed by atoms with E-state index in [9.17, 15) is 4.79 Å². The summed E-state index contributed by atoms with van der Waals surface area (Å²) in [7, 11) is 1.51. The summed E-state index contributed by atoms with van der Waals surface area (Å²) in [5.41, 5.74) is 5.49. The van der Waals surface area contributed by atoms with Crippen LogP contribution in [0, 0.1) is 0 Å². The molecule has 3 N–H and O–H groups in total. The molecule has 0 aliphatic carbocycles. The topological polar surface area (TPSA) is 103 Å². The number of carbonyl (C=O) groups is 1. The fourth-order valence-corrected chi connectivity index (χ4v) is 1.63. The van der Waals surface area contributed by atoms with Gasteiger partial charge in [-0.15, -0.1) is 0 Å². The Bertz CT molecular complexity index is 379. The average molecular weight is 226 g/mol. The highest BCUT2D eigenvalue weighted by molar-refractivity contribution is 5.89. The minimum absolute atomic E-state index is 0.0253. The van der Waals surface area contributed by atoms with Crippen molar-refractivity contribution in [2.24, 2.45) is 5.73 Å². The van der Waals surface area contributed by atoms with E-state index in [1.54, 1.807) is 0 Å². The summed E-state index contributed by atoms with van der Waals surface area (Å²) in [6.45, 7) is 0.479. The number of amides is 1. The van der Waals surface area contributed by atoms with Gasteiger partial charge in [-0.2, -0.15) is 4.98 Å². The summed E-state index contributed by atoms with van der Waals surface area (Å²) in [4.78, 5) is 15.2. The number of rotatable bonds is 3. The Morgan fingerprint density at radius 1 is 1.62 bits per heavy atom. The summed E-state index contributed by atoms with van der Waals surface area (Å²) < 4.78 is 10.5. The van der Waals surface area contributed by atoms with Crippen molar-refractivity contribution >= 4 is 5.91 Å². The van der Waals surface area contributed by atoms with Crippen molar-refractivity contribution in [3.8, 4) is 0 Å². The lowest BCUT2D eigenvalue weighted by molar-refractivity contribution is 0.0307. The molecule has 2 unspecified atom stereocenters. The number of ether oxygens (including phenoxy) is 1. The molecule has 0 spiro atoms. The second-order valence-corrected chi connectivity index (χ2v) is 3.60. The highest BCUT2D eigenvalue weighted by Gasteiger charge is 2.30. The third kappa shape index (κ3) is 2.05. The van der Waals surface area contributed by atoms with E-state index >= 15 is 0 Å². The van der Waals surface area contributed by atoms with Crippen LogP contribution >= 0.6 is 0 Å². The molecule has 7 nitrogen and oxygen atoms in total. The van der Waals surface area contributed by atoms with Crippen molar-refractivity contribution in [3.05, 3.63) is 11.7 Å². The van der Waals surface area contributed by atoms with Gasteiger partial charge >= 0.3 is 0 Å². The number of nitrogens with one attached hydrogen (secondary N) is 1. The minimum Gasteiger partial charge on any atom is -0.364 e. The predicted octanol–water partition coefficient (Wildman–Crippen LogP) is -0.392. The average Bonchev–Trinajstić information content (AvgIpc) is 2.95. The summed E-state index contributed by atoms with van der Waals surface area (Å²) in [5, 5.41) is 5.99. The maximum Gasteiger partial charge on any atom is 0.292 e. The van der Waals surface area contributed by atoms with Crippen molar-refractivity contribution < 1.29 is 14.1 Å². The molecule has 0 bridgehead atoms. The number of hydrogen-bond donors (Lipinski definition) is 2. The first-order valence-corrected chi connectivity index (χ1v) is 5.15. The van der Waals surface area contributed by atoms with Gasteiger partial charge in [0.15, 0.2) is 0 Å². The third-order valence-corrected chi connectivity index (χ3v) is 2.52. The molecule has 0 aromatic carbocycles. The summed E-state index contributed by atoms with van der Waals surface area (Å²) in [6.07, 6.45) is 1.47. The van der Waals surface area contributed by atoms with Crippen LogP contribution in [-0.2, 0) is 4.74 Å². The first-order chi connectivity index (χ1) is 7.74. The molecule has 1 saturated heterocycles. The van der Waals surface area contributed by atoms with Crippen LogP contribution in [0.3, 0.4) is 0 Å². The molecule has 1 fully saturated rings. The maximum absolute atomic E-state index is 11.2. The monoisotopic (exact) mass is 226 g/mol. The van der Waals surface area contributed by atoms with Gasteiger partial charge in [-0.3, -0.25) is 4.79 Å². The second kappa shape index (κ2) is 4.58. The standard InChI is InChI=1S/C9H14N4O3/c1-11-8(14)7-12-9(16-13-7)6-3-2-5(4-10)15-6/h5-6H,2-4,10H2,1H3,(H,11,14). The fraction of sp³-hybridized carbons (Fsp3) is 0.667. The second-order valence-electron chi connectivity index (χ2n) is 3.60. The molecule has 1 aliphatic rings. The number of nitrogens with two attached hydrogens (primary N) is 1. The molecule has 88 valence electrons. The lowest BCUT2D eigenvalue weighted by Crippen LogP contribution is -2.20. The fourth-order valence-electron chi connectivity index (χ4n) is 1.63. The van der Waals surface area contributed by atoms with E-state index in [2.05, 4.69) is 15.5 Å². The molecular weight excluding hydrogens is 212 g/mol. The van der Waals surface area contributed by atoms with Gasteiger partial charge in [-0.05, 0) is 12.8 Å². The van der Waals surface area contributed by atoms with Crippen LogP contribution in [0.15, 0.2) is 4.52 Å². The van der Waals surface area contributed by atoms with Gasteiger partial charge < -0.3 is 20.3 Å². The number of hydrogen-bond acceptors (Lipinski definition) is 6. The van der Waals surface area contributed by atoms with Crippen molar-refractivity contribution in [1.82, 2.24) is 15.5 Å². The van der Waals surface area contributed by atoms with Crippen molar-refractivity contribution in [2.75, 3.05) is 13.6 Å². The van der Waals surface area contributed by atoms with Gasteiger partial charge in [-0.1, -0.05) is 5.16 Å². The Labute approximate surface area is 92.3 Å². The van der Waals surface area contributed by atoms with Crippen molar-refractivity contribution in [2.45, 2.75) is 25.0 Å². The zero-order chi connectivity index (χ0) is 11.5. The quantitative estimate of drug-likeness (QED) is 0.727. The number of carbonyl (C=O) groups excluding carboxylic acids is 1. The molecule has 0 radical (unpaired) electrons. The number of aromatic nitrogens is 2. The molecule has 2 atom stereocenters. The molecule has 1 aromatic rings. The van der Waals surface area contributed by atoms with E-state index in [1.165, 1.54) is 7.05 Å². The molecule has 1 amide bonds. The zero-order valence-electron chi connectivity index (χ0n) is 8.97. The van der Waals surface area contributed by atoms with E-state index in [0.717, 1.165) is 12.8 Å². The largest absolute Gasteiger partial charge is 0.364 e. The zero-order valence-corrected chi connectivity index (χ0v) is 8.97. The minimum atomic E-state index is -0.372. The normalized spacial score (nSPS) is 24.6. The van der Waals surface area contributed by atoms with Crippen LogP contribution in [-0.4, -0.2) is 35.7 Å². The highest BCUT2D eigenvalue weighted by atomic mass is 16.5. The summed E-state index contributed by atoms with van der Waals surface area (Å²) >= 11 is 0. The summed E-state index contributed by atoms with van der Waals surface area (Å²) in [5.74, 6) is -0.00443. The Hall–Kier alpha value is -1.47. The first-order valence-electron chi connectivity index (χ1n) is 5.15. The molecule has 7 heteroatoms. The lowest BCUT2D eigenvalue weighted by Gasteiger charge is -2.07. The number of nitrogens with zero attached hydrogens (tertiary/aromatic N) is 2. The van der Waals surface area contributed by atoms with E-state index < -0.39 is 0 Å². The van der Waals surface area contributed by atoms with E-state index in [4.69, 9.17) is 15.0 Å². The molecule has 1 aromatic heterocycles. The molecule has 2 heterocycles. The van der Waals surface area contributed by atoms with Gasteiger partial charge in [-0.25, -0.2) is 0 Å². The smallest absolute Gasteiger partial charge is 0.292 e. The predicted molar refractivity (Wildman–Crippen MR) is 53.6 cm³/mol. The molecule has 2 rings (SSSR count). The van der Waals surface area contributed by atoms with Crippen molar-refractivity contribution in [3.63, 3.8) is 0 Å². The molecular formula is C9H14N4O3. The van der Waals surface area contributed by atoms with E-state index in [1.807, 2.05) is 0 Å². The van der Waals surface area contributed by atoms with Crippen LogP contribution < -0.4 is 11.1 Å². The van der Waals surface area contributed by atoms with Gasteiger partial charge in [0, 0.05) is 13.6 Å². The highest BCUT2D eigenvalue weighted by Crippen LogP contribution is 2.31. The maximum atomic E-state index is 11.2. The summed E-state index contributed by atoms with van der Waals surface area (Å²) in [6, 6.07) is 0. The van der Waals surface area contributed by atoms with Gasteiger partial charge in [0.25, 0.3) is 17.6 Å². The Kier molecular flexibility index (Phi) is 3.16. The lowest BCUT2D eigenvalue weighted by atomic mass is 10.2. The van der Waals surface area contributed by atoms with Crippen molar-refractivity contribution in [1.29, 1.82) is 0 Å².